The Kier molecular flexibility index (Phi) is 4.85. The van der Waals surface area contributed by atoms with Gasteiger partial charge < -0.3 is 9.47 Å². The first-order valence-electron chi connectivity index (χ1n) is 10.3. The highest BCUT2D eigenvalue weighted by atomic mass is 35.5. The fourth-order valence-electron chi connectivity index (χ4n) is 4.77. The summed E-state index contributed by atoms with van der Waals surface area (Å²) >= 11 is 0. The zero-order valence-corrected chi connectivity index (χ0v) is 19.0. The van der Waals surface area contributed by atoms with Gasteiger partial charge in [0.05, 0.1) is 18.4 Å². The number of fused-ring (bicyclic) bond motifs is 4. The van der Waals surface area contributed by atoms with Gasteiger partial charge in [-0.25, -0.2) is 0 Å². The van der Waals surface area contributed by atoms with Crippen molar-refractivity contribution < 1.29 is 9.47 Å². The first-order valence-corrected chi connectivity index (χ1v) is 10.3. The molecule has 4 heteroatoms. The summed E-state index contributed by atoms with van der Waals surface area (Å²) in [5, 5.41) is 2.48. The van der Waals surface area contributed by atoms with Gasteiger partial charge in [0.2, 0.25) is 0 Å². The van der Waals surface area contributed by atoms with E-state index in [1.165, 1.54) is 27.5 Å². The molecule has 5 rings (SSSR count). The van der Waals surface area contributed by atoms with Crippen LogP contribution in [0.25, 0.3) is 10.8 Å². The zero-order valence-electron chi connectivity index (χ0n) is 18.2. The minimum atomic E-state index is -0.244. The second kappa shape index (κ2) is 7.02. The van der Waals surface area contributed by atoms with Crippen molar-refractivity contribution in [2.24, 2.45) is 4.99 Å². The van der Waals surface area contributed by atoms with Gasteiger partial charge in [-0.05, 0) is 62.6 Å². The number of hydrogen-bond donors (Lipinski definition) is 0. The fraction of sp³-hybridized carbons (Fsp3) is 0.346. The molecule has 3 nitrogen and oxygen atoms in total. The van der Waals surface area contributed by atoms with Crippen LogP contribution in [0, 0.1) is 0 Å². The topological polar surface area (TPSA) is 30.8 Å². The Morgan fingerprint density at radius 3 is 2.40 bits per heavy atom. The number of aliphatic imine (C=N–C) groups is 1. The minimum absolute atomic E-state index is 0. The maximum Gasteiger partial charge on any atom is 0.166 e. The van der Waals surface area contributed by atoms with Gasteiger partial charge >= 0.3 is 0 Å². The lowest BCUT2D eigenvalue weighted by molar-refractivity contribution is 0.134. The Hall–Kier alpha value is -2.52. The second-order valence-electron chi connectivity index (χ2n) is 9.47. The first kappa shape index (κ1) is 20.7. The van der Waals surface area contributed by atoms with Crippen molar-refractivity contribution in [1.29, 1.82) is 0 Å². The molecule has 0 amide bonds. The van der Waals surface area contributed by atoms with Gasteiger partial charge in [0.15, 0.2) is 11.5 Å². The predicted octanol–water partition coefficient (Wildman–Crippen LogP) is 6.16. The standard InChI is InChI=1S/C26H27NO2.ClH/c1-25(2)14-19-13-21(28-5)24-20(15-26(3,4)29-24)22(19)23(27-25)18-11-10-16-8-6-7-9-17(16)12-18;/h6-13H,14-15H2,1-5H3;1H. The van der Waals surface area contributed by atoms with Gasteiger partial charge in [0.25, 0.3) is 0 Å². The van der Waals surface area contributed by atoms with Crippen LogP contribution in [-0.4, -0.2) is 24.0 Å². The summed E-state index contributed by atoms with van der Waals surface area (Å²) < 4.78 is 12.0. The molecule has 0 unspecified atom stereocenters. The van der Waals surface area contributed by atoms with E-state index in [-0.39, 0.29) is 23.5 Å². The summed E-state index contributed by atoms with van der Waals surface area (Å²) in [5.74, 6) is 1.71. The molecule has 2 aliphatic rings. The van der Waals surface area contributed by atoms with E-state index in [2.05, 4.69) is 76.2 Å². The monoisotopic (exact) mass is 421 g/mol. The molecule has 0 aliphatic carbocycles. The van der Waals surface area contributed by atoms with Crippen LogP contribution in [0.4, 0.5) is 0 Å². The first-order chi connectivity index (χ1) is 13.8. The van der Waals surface area contributed by atoms with E-state index in [4.69, 9.17) is 14.5 Å². The molecular weight excluding hydrogens is 394 g/mol. The summed E-state index contributed by atoms with van der Waals surface area (Å²) in [5.41, 5.74) is 5.59. The van der Waals surface area contributed by atoms with E-state index in [0.717, 1.165) is 35.6 Å². The van der Waals surface area contributed by atoms with Gasteiger partial charge in [-0.2, -0.15) is 0 Å². The van der Waals surface area contributed by atoms with Crippen LogP contribution < -0.4 is 9.47 Å². The summed E-state index contributed by atoms with van der Waals surface area (Å²) in [6, 6.07) is 17.3. The average molecular weight is 422 g/mol. The SMILES string of the molecule is COc1cc2c(c3c1OC(C)(C)C3)C(c1ccc3ccccc3c1)=NC(C)(C)C2.Cl. The molecule has 3 aromatic carbocycles. The molecule has 0 aromatic heterocycles. The van der Waals surface area contributed by atoms with E-state index in [1.54, 1.807) is 7.11 Å². The molecule has 3 aromatic rings. The molecule has 0 spiro atoms. The number of nitrogens with zero attached hydrogens (tertiary/aromatic N) is 1. The van der Waals surface area contributed by atoms with Gasteiger partial charge in [-0.3, -0.25) is 4.99 Å². The molecule has 30 heavy (non-hydrogen) atoms. The van der Waals surface area contributed by atoms with Crippen molar-refractivity contribution in [3.8, 4) is 11.5 Å². The Morgan fingerprint density at radius 1 is 0.933 bits per heavy atom. The van der Waals surface area contributed by atoms with Crippen LogP contribution in [0.1, 0.15) is 49.9 Å². The van der Waals surface area contributed by atoms with E-state index < -0.39 is 0 Å². The van der Waals surface area contributed by atoms with Crippen molar-refractivity contribution in [3.05, 3.63) is 70.8 Å². The van der Waals surface area contributed by atoms with Crippen LogP contribution in [-0.2, 0) is 12.8 Å². The van der Waals surface area contributed by atoms with Crippen LogP contribution in [0.2, 0.25) is 0 Å². The van der Waals surface area contributed by atoms with Crippen LogP contribution in [0.3, 0.4) is 0 Å². The van der Waals surface area contributed by atoms with E-state index in [0.29, 0.717) is 0 Å². The number of benzene rings is 3. The van der Waals surface area contributed by atoms with Gasteiger partial charge in [-0.1, -0.05) is 36.4 Å². The third-order valence-corrected chi connectivity index (χ3v) is 5.92. The molecule has 2 aliphatic heterocycles. The molecule has 0 saturated heterocycles. The number of halogens is 1. The predicted molar refractivity (Wildman–Crippen MR) is 126 cm³/mol. The number of rotatable bonds is 2. The molecular formula is C26H28ClNO2. The lowest BCUT2D eigenvalue weighted by Gasteiger charge is -2.31. The summed E-state index contributed by atoms with van der Waals surface area (Å²) in [6.07, 6.45) is 1.75. The highest BCUT2D eigenvalue weighted by Crippen LogP contribution is 2.47. The Balaban J connectivity index is 0.00000218. The van der Waals surface area contributed by atoms with E-state index in [9.17, 15) is 0 Å². The summed E-state index contributed by atoms with van der Waals surface area (Å²) in [7, 11) is 1.73. The molecule has 156 valence electrons. The van der Waals surface area contributed by atoms with Crippen LogP contribution in [0.5, 0.6) is 11.5 Å². The minimum Gasteiger partial charge on any atom is -0.493 e. The average Bonchev–Trinajstić information content (AvgIpc) is 3.00. The molecule has 0 atom stereocenters. The maximum absolute atomic E-state index is 6.31. The normalized spacial score (nSPS) is 18.0. The zero-order chi connectivity index (χ0) is 20.4. The molecule has 0 bridgehead atoms. The van der Waals surface area contributed by atoms with E-state index >= 15 is 0 Å². The fourth-order valence-corrected chi connectivity index (χ4v) is 4.77. The Bertz CT molecular complexity index is 1180. The van der Waals surface area contributed by atoms with Crippen molar-refractivity contribution >= 4 is 28.9 Å². The number of methoxy groups -OCH3 is 1. The van der Waals surface area contributed by atoms with Gasteiger partial charge in [0.1, 0.15) is 5.60 Å². The Morgan fingerprint density at radius 2 is 1.67 bits per heavy atom. The molecule has 2 heterocycles. The van der Waals surface area contributed by atoms with Gasteiger partial charge in [0, 0.05) is 23.1 Å². The largest absolute Gasteiger partial charge is 0.493 e. The lowest BCUT2D eigenvalue weighted by atomic mass is 9.80. The summed E-state index contributed by atoms with van der Waals surface area (Å²) in [4.78, 5) is 5.23. The van der Waals surface area contributed by atoms with Gasteiger partial charge in [-0.15, -0.1) is 12.4 Å². The molecule has 0 saturated carbocycles. The summed E-state index contributed by atoms with van der Waals surface area (Å²) in [6.45, 7) is 8.69. The smallest absolute Gasteiger partial charge is 0.166 e. The third-order valence-electron chi connectivity index (χ3n) is 5.92. The molecule has 0 fully saturated rings. The highest BCUT2D eigenvalue weighted by Gasteiger charge is 2.39. The van der Waals surface area contributed by atoms with E-state index in [1.807, 2.05) is 0 Å². The molecule has 0 radical (unpaired) electrons. The van der Waals surface area contributed by atoms with Crippen molar-refractivity contribution in [3.63, 3.8) is 0 Å². The third kappa shape index (κ3) is 3.35. The van der Waals surface area contributed by atoms with Crippen molar-refractivity contribution in [1.82, 2.24) is 0 Å². The second-order valence-corrected chi connectivity index (χ2v) is 9.47. The lowest BCUT2D eigenvalue weighted by Crippen LogP contribution is -2.30. The quantitative estimate of drug-likeness (QED) is 0.496. The van der Waals surface area contributed by atoms with Crippen LogP contribution >= 0.6 is 12.4 Å². The maximum atomic E-state index is 6.31. The number of ether oxygens (including phenoxy) is 2. The number of hydrogen-bond acceptors (Lipinski definition) is 3. The Labute approximate surface area is 184 Å². The highest BCUT2D eigenvalue weighted by molar-refractivity contribution is 6.17. The molecule has 0 N–H and O–H groups in total. The van der Waals surface area contributed by atoms with Crippen molar-refractivity contribution in [2.75, 3.05) is 7.11 Å². The van der Waals surface area contributed by atoms with Crippen molar-refractivity contribution in [2.45, 2.75) is 51.7 Å². The van der Waals surface area contributed by atoms with Crippen LogP contribution in [0.15, 0.2) is 53.5 Å².